The van der Waals surface area contributed by atoms with E-state index >= 15 is 0 Å². The number of piperidine rings is 1. The van der Waals surface area contributed by atoms with Crippen LogP contribution in [-0.4, -0.2) is 43.9 Å². The van der Waals surface area contributed by atoms with Crippen LogP contribution in [0.1, 0.15) is 19.3 Å². The molecule has 8 nitrogen and oxygen atoms in total. The zero-order chi connectivity index (χ0) is 20.4. The molecule has 154 valence electrons. The van der Waals surface area contributed by atoms with Gasteiger partial charge in [0.25, 0.3) is 5.69 Å². The molecule has 0 bridgehead atoms. The Balaban J connectivity index is 1.64. The highest BCUT2D eigenvalue weighted by atomic mass is 32.2. The maximum Gasteiger partial charge on any atom is 0.284 e. The van der Waals surface area contributed by atoms with Gasteiger partial charge in [0, 0.05) is 24.1 Å². The fourth-order valence-corrected chi connectivity index (χ4v) is 5.82. The van der Waals surface area contributed by atoms with E-state index in [-0.39, 0.29) is 10.6 Å². The summed E-state index contributed by atoms with van der Waals surface area (Å²) < 4.78 is 38.2. The number of nitro benzene ring substituents is 1. The molecule has 0 radical (unpaired) electrons. The third kappa shape index (κ3) is 4.19. The van der Waals surface area contributed by atoms with Gasteiger partial charge in [-0.1, -0.05) is 18.2 Å². The number of hydrogen-bond acceptors (Lipinski definition) is 7. The molecule has 2 aliphatic rings. The summed E-state index contributed by atoms with van der Waals surface area (Å²) in [4.78, 5) is 12.2. The molecule has 4 rings (SSSR count). The van der Waals surface area contributed by atoms with Crippen LogP contribution in [0.3, 0.4) is 0 Å². The molecule has 0 amide bonds. The molecule has 10 heteroatoms. The molecule has 2 aromatic carbocycles. The fraction of sp³-hybridized carbons (Fsp3) is 0.368. The van der Waals surface area contributed by atoms with Crippen molar-refractivity contribution in [3.05, 3.63) is 46.5 Å². The van der Waals surface area contributed by atoms with Gasteiger partial charge >= 0.3 is 0 Å². The van der Waals surface area contributed by atoms with Crippen LogP contribution >= 0.6 is 11.8 Å². The second-order valence-corrected chi connectivity index (χ2v) is 9.81. The van der Waals surface area contributed by atoms with Gasteiger partial charge < -0.3 is 9.47 Å². The van der Waals surface area contributed by atoms with E-state index < -0.39 is 14.9 Å². The average Bonchev–Trinajstić information content (AvgIpc) is 2.74. The summed E-state index contributed by atoms with van der Waals surface area (Å²) in [6.07, 6.45) is 2.61. The van der Waals surface area contributed by atoms with Crippen molar-refractivity contribution in [1.82, 2.24) is 4.31 Å². The zero-order valence-corrected chi connectivity index (χ0v) is 17.2. The lowest BCUT2D eigenvalue weighted by molar-refractivity contribution is -0.388. The highest BCUT2D eigenvalue weighted by molar-refractivity contribution is 7.99. The SMILES string of the molecule is O=[N+]([O-])c1cc(S(=O)(=O)N2CCCCC2)ccc1Sc1ccc2c(c1)OCCO2. The first-order valence-corrected chi connectivity index (χ1v) is 11.6. The van der Waals surface area contributed by atoms with E-state index in [1.807, 2.05) is 0 Å². The Morgan fingerprint density at radius 1 is 0.966 bits per heavy atom. The fourth-order valence-electron chi connectivity index (χ4n) is 3.36. The summed E-state index contributed by atoms with van der Waals surface area (Å²) in [5, 5.41) is 11.6. The van der Waals surface area contributed by atoms with Gasteiger partial charge in [-0.3, -0.25) is 10.1 Å². The Morgan fingerprint density at radius 2 is 1.69 bits per heavy atom. The normalized spacial score (nSPS) is 17.1. The van der Waals surface area contributed by atoms with Crippen LogP contribution in [0.2, 0.25) is 0 Å². The zero-order valence-electron chi connectivity index (χ0n) is 15.6. The predicted molar refractivity (Wildman–Crippen MR) is 107 cm³/mol. The van der Waals surface area contributed by atoms with E-state index in [0.717, 1.165) is 30.2 Å². The molecule has 0 aliphatic carbocycles. The maximum atomic E-state index is 12.9. The minimum atomic E-state index is -3.74. The van der Waals surface area contributed by atoms with Crippen molar-refractivity contribution in [3.8, 4) is 11.5 Å². The lowest BCUT2D eigenvalue weighted by atomic mass is 10.2. The minimum Gasteiger partial charge on any atom is -0.486 e. The number of nitro groups is 1. The number of nitrogens with zero attached hydrogens (tertiary/aromatic N) is 2. The second kappa shape index (κ2) is 8.21. The molecule has 1 saturated heterocycles. The number of rotatable bonds is 5. The lowest BCUT2D eigenvalue weighted by Crippen LogP contribution is -2.35. The predicted octanol–water partition coefficient (Wildman–Crippen LogP) is 3.69. The Hall–Kier alpha value is -2.30. The molecule has 0 saturated carbocycles. The van der Waals surface area contributed by atoms with Gasteiger partial charge in [-0.05, 0) is 43.2 Å². The van der Waals surface area contributed by atoms with Crippen LogP contribution in [0.5, 0.6) is 11.5 Å². The number of sulfonamides is 1. The lowest BCUT2D eigenvalue weighted by Gasteiger charge is -2.25. The molecule has 0 aromatic heterocycles. The van der Waals surface area contributed by atoms with Crippen LogP contribution < -0.4 is 9.47 Å². The van der Waals surface area contributed by atoms with Gasteiger partial charge in [0.2, 0.25) is 10.0 Å². The third-order valence-corrected chi connectivity index (χ3v) is 7.77. The molecular formula is C19H20N2O6S2. The van der Waals surface area contributed by atoms with Gasteiger partial charge in [-0.25, -0.2) is 8.42 Å². The quantitative estimate of drug-likeness (QED) is 0.521. The van der Waals surface area contributed by atoms with Crippen molar-refractivity contribution in [2.75, 3.05) is 26.3 Å². The van der Waals surface area contributed by atoms with E-state index in [1.54, 1.807) is 18.2 Å². The topological polar surface area (TPSA) is 99.0 Å². The Bertz CT molecular complexity index is 1030. The van der Waals surface area contributed by atoms with Crippen LogP contribution in [0, 0.1) is 10.1 Å². The van der Waals surface area contributed by atoms with E-state index in [1.165, 1.54) is 28.2 Å². The molecule has 0 atom stereocenters. The van der Waals surface area contributed by atoms with Crippen LogP contribution in [0.4, 0.5) is 5.69 Å². The van der Waals surface area contributed by atoms with Crippen molar-refractivity contribution < 1.29 is 22.8 Å². The van der Waals surface area contributed by atoms with Crippen molar-refractivity contribution in [3.63, 3.8) is 0 Å². The largest absolute Gasteiger partial charge is 0.486 e. The van der Waals surface area contributed by atoms with Crippen molar-refractivity contribution in [1.29, 1.82) is 0 Å². The molecule has 0 spiro atoms. The highest BCUT2D eigenvalue weighted by Gasteiger charge is 2.28. The molecule has 0 N–H and O–H groups in total. The summed E-state index contributed by atoms with van der Waals surface area (Å²) in [5.41, 5.74) is -0.233. The summed E-state index contributed by atoms with van der Waals surface area (Å²) in [5.74, 6) is 1.23. The molecule has 0 unspecified atom stereocenters. The van der Waals surface area contributed by atoms with E-state index in [0.29, 0.717) is 42.7 Å². The van der Waals surface area contributed by atoms with E-state index in [2.05, 4.69) is 0 Å². The summed E-state index contributed by atoms with van der Waals surface area (Å²) in [6, 6.07) is 9.41. The van der Waals surface area contributed by atoms with Crippen molar-refractivity contribution in [2.45, 2.75) is 33.9 Å². The van der Waals surface area contributed by atoms with E-state index in [9.17, 15) is 18.5 Å². The van der Waals surface area contributed by atoms with Gasteiger partial charge in [0.05, 0.1) is 14.7 Å². The standard InChI is InChI=1S/C19H20N2O6S2/c22-21(23)16-13-15(29(24,25)20-8-2-1-3-9-20)5-7-19(16)28-14-4-6-17-18(12-14)27-11-10-26-17/h4-7,12-13H,1-3,8-11H2. The molecule has 2 aromatic rings. The summed E-state index contributed by atoms with van der Waals surface area (Å²) >= 11 is 1.18. The number of ether oxygens (including phenoxy) is 2. The molecule has 2 aliphatic heterocycles. The second-order valence-electron chi connectivity index (χ2n) is 6.76. The van der Waals surface area contributed by atoms with Crippen LogP contribution in [0.25, 0.3) is 0 Å². The first kappa shape index (κ1) is 20.0. The summed E-state index contributed by atoms with van der Waals surface area (Å²) in [7, 11) is -3.74. The van der Waals surface area contributed by atoms with Gasteiger partial charge in [-0.2, -0.15) is 4.31 Å². The van der Waals surface area contributed by atoms with E-state index in [4.69, 9.17) is 9.47 Å². The Labute approximate surface area is 173 Å². The van der Waals surface area contributed by atoms with Gasteiger partial charge in [0.15, 0.2) is 11.5 Å². The van der Waals surface area contributed by atoms with Crippen LogP contribution in [-0.2, 0) is 10.0 Å². The number of benzene rings is 2. The van der Waals surface area contributed by atoms with Crippen LogP contribution in [0.15, 0.2) is 51.1 Å². The average molecular weight is 437 g/mol. The monoisotopic (exact) mass is 436 g/mol. The molecule has 1 fully saturated rings. The smallest absolute Gasteiger partial charge is 0.284 e. The molecular weight excluding hydrogens is 416 g/mol. The third-order valence-electron chi connectivity index (χ3n) is 4.82. The molecule has 2 heterocycles. The van der Waals surface area contributed by atoms with Gasteiger partial charge in [-0.15, -0.1) is 0 Å². The van der Waals surface area contributed by atoms with Gasteiger partial charge in [0.1, 0.15) is 13.2 Å². The Kier molecular flexibility index (Phi) is 5.66. The van der Waals surface area contributed by atoms with Crippen molar-refractivity contribution in [2.24, 2.45) is 0 Å². The Morgan fingerprint density at radius 3 is 2.41 bits per heavy atom. The number of hydrogen-bond donors (Lipinski definition) is 0. The minimum absolute atomic E-state index is 0.0439. The highest BCUT2D eigenvalue weighted by Crippen LogP contribution is 2.40. The first-order chi connectivity index (χ1) is 13.9. The molecule has 29 heavy (non-hydrogen) atoms. The van der Waals surface area contributed by atoms with Crippen molar-refractivity contribution >= 4 is 27.5 Å². The summed E-state index contributed by atoms with van der Waals surface area (Å²) in [6.45, 7) is 1.83. The number of fused-ring (bicyclic) bond motifs is 1. The maximum absolute atomic E-state index is 12.9. The first-order valence-electron chi connectivity index (χ1n) is 9.31.